The van der Waals surface area contributed by atoms with Crippen LogP contribution in [-0.4, -0.2) is 96.9 Å². The van der Waals surface area contributed by atoms with Crippen molar-refractivity contribution in [3.05, 3.63) is 53.6 Å². The van der Waals surface area contributed by atoms with Crippen molar-refractivity contribution in [1.82, 2.24) is 5.32 Å². The molecular formula is C31H46N2O7. The number of ether oxygens (including phenoxy) is 6. The smallest absolute Gasteiger partial charge is 0.142 e. The lowest BCUT2D eigenvalue weighted by Crippen LogP contribution is -2.51. The van der Waals surface area contributed by atoms with Crippen LogP contribution in [0, 0.1) is 0 Å². The predicted molar refractivity (Wildman–Crippen MR) is 155 cm³/mol. The monoisotopic (exact) mass is 558 g/mol. The quantitative estimate of drug-likeness (QED) is 0.301. The van der Waals surface area contributed by atoms with E-state index in [0.717, 1.165) is 60.9 Å². The van der Waals surface area contributed by atoms with Gasteiger partial charge < -0.3 is 43.7 Å². The van der Waals surface area contributed by atoms with Crippen molar-refractivity contribution in [3.8, 4) is 11.5 Å². The van der Waals surface area contributed by atoms with Crippen molar-refractivity contribution in [2.75, 3.05) is 78.3 Å². The Hall–Kier alpha value is -2.40. The molecule has 1 fully saturated rings. The van der Waals surface area contributed by atoms with Crippen LogP contribution in [0.15, 0.2) is 42.5 Å². The van der Waals surface area contributed by atoms with Crippen LogP contribution in [0.3, 0.4) is 0 Å². The maximum Gasteiger partial charge on any atom is 0.142 e. The molecule has 0 aliphatic carbocycles. The van der Waals surface area contributed by atoms with Crippen molar-refractivity contribution in [2.24, 2.45) is 0 Å². The van der Waals surface area contributed by atoms with Gasteiger partial charge in [0.05, 0.1) is 50.4 Å². The Morgan fingerprint density at radius 2 is 1.73 bits per heavy atom. The zero-order valence-corrected chi connectivity index (χ0v) is 24.2. The summed E-state index contributed by atoms with van der Waals surface area (Å²) >= 11 is 0. The first kappa shape index (κ1) is 30.6. The molecule has 9 nitrogen and oxygen atoms in total. The third-order valence-electron chi connectivity index (χ3n) is 7.29. The van der Waals surface area contributed by atoms with Crippen molar-refractivity contribution >= 4 is 5.69 Å². The molecule has 222 valence electrons. The number of hydrogen-bond donors (Lipinski definition) is 2. The zero-order valence-electron chi connectivity index (χ0n) is 24.2. The number of nitrogens with zero attached hydrogens (tertiary/aromatic N) is 1. The van der Waals surface area contributed by atoms with Crippen LogP contribution in [0.5, 0.6) is 11.5 Å². The largest absolute Gasteiger partial charge is 0.494 e. The van der Waals surface area contributed by atoms with E-state index in [0.29, 0.717) is 39.5 Å². The maximum absolute atomic E-state index is 9.88. The summed E-state index contributed by atoms with van der Waals surface area (Å²) in [7, 11) is 3.43. The van der Waals surface area contributed by atoms with E-state index in [9.17, 15) is 5.11 Å². The molecule has 4 atom stereocenters. The van der Waals surface area contributed by atoms with Gasteiger partial charge in [-0.15, -0.1) is 0 Å². The van der Waals surface area contributed by atoms with Gasteiger partial charge in [0, 0.05) is 59.4 Å². The van der Waals surface area contributed by atoms with Gasteiger partial charge in [0.2, 0.25) is 0 Å². The summed E-state index contributed by atoms with van der Waals surface area (Å²) < 4.78 is 34.9. The summed E-state index contributed by atoms with van der Waals surface area (Å²) in [6.07, 6.45) is 1.05. The van der Waals surface area contributed by atoms with E-state index >= 15 is 0 Å². The molecule has 2 aromatic carbocycles. The summed E-state index contributed by atoms with van der Waals surface area (Å²) in [5, 5.41) is 13.4. The first-order valence-electron chi connectivity index (χ1n) is 14.4. The minimum Gasteiger partial charge on any atom is -0.494 e. The fraction of sp³-hybridized carbons (Fsp3) is 0.613. The lowest BCUT2D eigenvalue weighted by Gasteiger charge is -2.39. The van der Waals surface area contributed by atoms with E-state index in [-0.39, 0.29) is 24.7 Å². The molecule has 0 radical (unpaired) electrons. The third kappa shape index (κ3) is 8.80. The van der Waals surface area contributed by atoms with Crippen LogP contribution in [0.2, 0.25) is 0 Å². The number of methoxy groups -OCH3 is 2. The van der Waals surface area contributed by atoms with Gasteiger partial charge in [-0.2, -0.15) is 0 Å². The molecule has 2 N–H and O–H groups in total. The molecule has 0 spiro atoms. The number of fused-ring (bicyclic) bond motifs is 1. The molecule has 2 aliphatic rings. The highest BCUT2D eigenvalue weighted by Crippen LogP contribution is 2.35. The van der Waals surface area contributed by atoms with Crippen LogP contribution in [0.25, 0.3) is 0 Å². The second kappa shape index (κ2) is 16.1. The highest BCUT2D eigenvalue weighted by molar-refractivity contribution is 5.61. The predicted octanol–water partition coefficient (Wildman–Crippen LogP) is 3.38. The number of anilines is 1. The normalized spacial score (nSPS) is 21.5. The molecular weight excluding hydrogens is 512 g/mol. The standard InChI is InChI=1S/C31H46N2O7/c1-23(34)21-39-29-19-32-20-30(31(29)25-7-9-26(10-8-25)37-16-5-15-36-3)40-22-24-6-11-28-27(18-24)33(13-17-38-28)12-4-14-35-2/h6-11,18,23,29-32,34H,4-5,12-17,19-22H2,1-3H3/t23?,29-,30+,31?/m1/s1. The molecule has 2 unspecified atom stereocenters. The van der Waals surface area contributed by atoms with Gasteiger partial charge in [0.25, 0.3) is 0 Å². The van der Waals surface area contributed by atoms with Crippen molar-refractivity contribution < 1.29 is 33.5 Å². The van der Waals surface area contributed by atoms with Crippen molar-refractivity contribution in [1.29, 1.82) is 0 Å². The summed E-state index contributed by atoms with van der Waals surface area (Å²) in [5.74, 6) is 1.76. The van der Waals surface area contributed by atoms with Gasteiger partial charge in [-0.3, -0.25) is 0 Å². The Labute approximate surface area is 238 Å². The SMILES string of the molecule is COCCCOc1ccc(C2[C@@H](OCc3ccc4c(c3)N(CCCOC)CCO4)CNC[C@H]2OCC(C)O)cc1. The second-order valence-electron chi connectivity index (χ2n) is 10.5. The summed E-state index contributed by atoms with van der Waals surface area (Å²) in [5.41, 5.74) is 3.35. The van der Waals surface area contributed by atoms with E-state index < -0.39 is 6.10 Å². The minimum atomic E-state index is -0.533. The van der Waals surface area contributed by atoms with E-state index in [2.05, 4.69) is 34.5 Å². The van der Waals surface area contributed by atoms with E-state index in [1.807, 2.05) is 18.2 Å². The van der Waals surface area contributed by atoms with E-state index in [1.165, 1.54) is 0 Å². The van der Waals surface area contributed by atoms with Gasteiger partial charge in [-0.05, 0) is 48.7 Å². The average molecular weight is 559 g/mol. The number of hydrogen-bond acceptors (Lipinski definition) is 9. The molecule has 9 heteroatoms. The first-order valence-corrected chi connectivity index (χ1v) is 14.4. The highest BCUT2D eigenvalue weighted by Gasteiger charge is 2.36. The summed E-state index contributed by atoms with van der Waals surface area (Å²) in [6.45, 7) is 8.42. The Morgan fingerprint density at radius 3 is 2.48 bits per heavy atom. The molecule has 40 heavy (non-hydrogen) atoms. The lowest BCUT2D eigenvalue weighted by atomic mass is 9.85. The minimum absolute atomic E-state index is 0.00837. The van der Waals surface area contributed by atoms with Crippen LogP contribution in [0.1, 0.15) is 36.8 Å². The zero-order chi connectivity index (χ0) is 28.2. The van der Waals surface area contributed by atoms with Gasteiger partial charge in [0.1, 0.15) is 18.1 Å². The van der Waals surface area contributed by atoms with Gasteiger partial charge >= 0.3 is 0 Å². The van der Waals surface area contributed by atoms with Gasteiger partial charge in [0.15, 0.2) is 0 Å². The summed E-state index contributed by atoms with van der Waals surface area (Å²) in [4.78, 5) is 2.37. The fourth-order valence-electron chi connectivity index (χ4n) is 5.30. The fourth-order valence-corrected chi connectivity index (χ4v) is 5.30. The second-order valence-corrected chi connectivity index (χ2v) is 10.5. The molecule has 0 bridgehead atoms. The van der Waals surface area contributed by atoms with Crippen molar-refractivity contribution in [2.45, 2.75) is 50.6 Å². The van der Waals surface area contributed by atoms with Crippen LogP contribution in [-0.2, 0) is 25.6 Å². The number of rotatable bonds is 16. The number of benzene rings is 2. The van der Waals surface area contributed by atoms with Crippen molar-refractivity contribution in [3.63, 3.8) is 0 Å². The first-order chi connectivity index (χ1) is 19.6. The van der Waals surface area contributed by atoms with Crippen LogP contribution in [0.4, 0.5) is 5.69 Å². The molecule has 2 heterocycles. The van der Waals surface area contributed by atoms with E-state index in [1.54, 1.807) is 21.1 Å². The summed E-state index contributed by atoms with van der Waals surface area (Å²) in [6, 6.07) is 14.5. The highest BCUT2D eigenvalue weighted by atomic mass is 16.5. The van der Waals surface area contributed by atoms with Gasteiger partial charge in [-0.1, -0.05) is 18.2 Å². The molecule has 0 saturated carbocycles. The lowest BCUT2D eigenvalue weighted by molar-refractivity contribution is -0.0752. The number of piperidine rings is 1. The Bertz CT molecular complexity index is 1000. The Kier molecular flexibility index (Phi) is 12.3. The Balaban J connectivity index is 1.45. The molecule has 2 aliphatic heterocycles. The molecule has 2 aromatic rings. The Morgan fingerprint density at radius 1 is 0.975 bits per heavy atom. The number of nitrogens with one attached hydrogen (secondary N) is 1. The maximum atomic E-state index is 9.88. The molecule has 0 amide bonds. The van der Waals surface area contributed by atoms with Gasteiger partial charge in [-0.25, -0.2) is 0 Å². The molecule has 4 rings (SSSR count). The third-order valence-corrected chi connectivity index (χ3v) is 7.29. The van der Waals surface area contributed by atoms with Crippen LogP contribution < -0.4 is 19.7 Å². The average Bonchev–Trinajstić information content (AvgIpc) is 2.98. The van der Waals surface area contributed by atoms with Crippen LogP contribution >= 0.6 is 0 Å². The molecule has 0 aromatic heterocycles. The van der Waals surface area contributed by atoms with E-state index in [4.69, 9.17) is 28.4 Å². The topological polar surface area (TPSA) is 90.9 Å². The molecule has 1 saturated heterocycles. The number of aliphatic hydroxyl groups excluding tert-OH is 1. The number of aliphatic hydroxyl groups is 1.